The number of hydrogen-bond donors (Lipinski definition) is 2. The Kier molecular flexibility index (Phi) is 4.73. The Morgan fingerprint density at radius 3 is 2.61 bits per heavy atom. The van der Waals surface area contributed by atoms with Gasteiger partial charge in [-0.05, 0) is 48.5 Å². The van der Waals surface area contributed by atoms with Crippen molar-refractivity contribution in [3.05, 3.63) is 76.8 Å². The summed E-state index contributed by atoms with van der Waals surface area (Å²) in [6.07, 6.45) is 3.24. The van der Waals surface area contributed by atoms with Gasteiger partial charge in [0.05, 0.1) is 24.7 Å². The Morgan fingerprint density at radius 1 is 1.13 bits per heavy atom. The first kappa shape index (κ1) is 15.3. The van der Waals surface area contributed by atoms with Crippen LogP contribution in [0.1, 0.15) is 16.1 Å². The number of nitrogens with zero attached hydrogens (tertiary/aromatic N) is 1. The first-order valence-corrected chi connectivity index (χ1v) is 7.79. The maximum atomic E-state index is 12.1. The van der Waals surface area contributed by atoms with Crippen molar-refractivity contribution in [2.24, 2.45) is 0 Å². The summed E-state index contributed by atoms with van der Waals surface area (Å²) in [5.41, 5.74) is 1.23. The van der Waals surface area contributed by atoms with Crippen LogP contribution in [0.4, 0.5) is 11.5 Å². The summed E-state index contributed by atoms with van der Waals surface area (Å²) >= 11 is 3.34. The molecule has 0 fully saturated rings. The van der Waals surface area contributed by atoms with Gasteiger partial charge in [0.15, 0.2) is 0 Å². The summed E-state index contributed by atoms with van der Waals surface area (Å²) in [7, 11) is 0. The number of hydrogen-bond acceptors (Lipinski definition) is 4. The zero-order valence-electron chi connectivity index (χ0n) is 12.1. The van der Waals surface area contributed by atoms with E-state index in [0.717, 1.165) is 10.2 Å². The number of halogens is 1. The number of benzene rings is 1. The summed E-state index contributed by atoms with van der Waals surface area (Å²) in [5.74, 6) is 1.37. The Morgan fingerprint density at radius 2 is 1.96 bits per heavy atom. The summed E-state index contributed by atoms with van der Waals surface area (Å²) in [5, 5.41) is 5.95. The molecular weight excluding hydrogens is 358 g/mol. The van der Waals surface area contributed by atoms with Crippen LogP contribution in [0.3, 0.4) is 0 Å². The Labute approximate surface area is 141 Å². The van der Waals surface area contributed by atoms with Gasteiger partial charge in [0.25, 0.3) is 5.91 Å². The molecule has 0 aliphatic carbocycles. The molecule has 0 bridgehead atoms. The van der Waals surface area contributed by atoms with E-state index in [2.05, 4.69) is 31.5 Å². The topological polar surface area (TPSA) is 67.2 Å². The molecule has 116 valence electrons. The second kappa shape index (κ2) is 7.11. The van der Waals surface area contributed by atoms with Crippen molar-refractivity contribution in [1.82, 2.24) is 4.98 Å². The van der Waals surface area contributed by atoms with Crippen LogP contribution in [-0.2, 0) is 6.54 Å². The van der Waals surface area contributed by atoms with Crippen LogP contribution in [0, 0.1) is 0 Å². The van der Waals surface area contributed by atoms with Gasteiger partial charge in [-0.25, -0.2) is 4.98 Å². The number of pyridine rings is 1. The summed E-state index contributed by atoms with van der Waals surface area (Å²) in [6, 6.07) is 14.5. The van der Waals surface area contributed by atoms with E-state index < -0.39 is 0 Å². The van der Waals surface area contributed by atoms with E-state index in [0.29, 0.717) is 23.6 Å². The lowest BCUT2D eigenvalue weighted by Gasteiger charge is -2.07. The molecule has 23 heavy (non-hydrogen) atoms. The second-order valence-corrected chi connectivity index (χ2v) is 5.74. The maximum Gasteiger partial charge on any atom is 0.255 e. The normalized spacial score (nSPS) is 10.3. The van der Waals surface area contributed by atoms with E-state index in [9.17, 15) is 4.79 Å². The van der Waals surface area contributed by atoms with Crippen molar-refractivity contribution in [1.29, 1.82) is 0 Å². The average Bonchev–Trinajstić information content (AvgIpc) is 3.08. The van der Waals surface area contributed by atoms with Crippen LogP contribution in [0.2, 0.25) is 0 Å². The molecule has 3 rings (SSSR count). The van der Waals surface area contributed by atoms with E-state index in [1.54, 1.807) is 36.7 Å². The molecule has 0 radical (unpaired) electrons. The van der Waals surface area contributed by atoms with Crippen LogP contribution in [-0.4, -0.2) is 10.9 Å². The molecule has 0 aliphatic heterocycles. The van der Waals surface area contributed by atoms with Gasteiger partial charge >= 0.3 is 0 Å². The zero-order valence-corrected chi connectivity index (χ0v) is 13.7. The van der Waals surface area contributed by atoms with Crippen molar-refractivity contribution >= 4 is 33.3 Å². The molecular formula is C17H14BrN3O2. The summed E-state index contributed by atoms with van der Waals surface area (Å²) in [6.45, 7) is 0.560. The van der Waals surface area contributed by atoms with Gasteiger partial charge in [0, 0.05) is 10.0 Å². The Bertz CT molecular complexity index is 769. The first-order valence-electron chi connectivity index (χ1n) is 7.00. The van der Waals surface area contributed by atoms with E-state index >= 15 is 0 Å². The standard InChI is InChI=1S/C17H14BrN3O2/c18-13-5-3-12(4-6-13)17(22)21-14-7-8-16(19-10-14)20-11-15-2-1-9-23-15/h1-10H,11H2,(H,19,20)(H,21,22). The van der Waals surface area contributed by atoms with Crippen molar-refractivity contribution in [3.63, 3.8) is 0 Å². The van der Waals surface area contributed by atoms with Crippen molar-refractivity contribution in [2.75, 3.05) is 10.6 Å². The van der Waals surface area contributed by atoms with Gasteiger partial charge < -0.3 is 15.1 Å². The van der Waals surface area contributed by atoms with Crippen molar-refractivity contribution in [3.8, 4) is 0 Å². The van der Waals surface area contributed by atoms with Crippen molar-refractivity contribution < 1.29 is 9.21 Å². The molecule has 2 aromatic heterocycles. The number of furan rings is 1. The van der Waals surface area contributed by atoms with Gasteiger partial charge in [0.2, 0.25) is 0 Å². The smallest absolute Gasteiger partial charge is 0.255 e. The molecule has 3 aromatic rings. The van der Waals surface area contributed by atoms with Gasteiger partial charge in [0.1, 0.15) is 11.6 Å². The molecule has 0 saturated heterocycles. The number of rotatable bonds is 5. The number of aromatic nitrogens is 1. The Hall–Kier alpha value is -2.60. The van der Waals surface area contributed by atoms with Crippen molar-refractivity contribution in [2.45, 2.75) is 6.54 Å². The highest BCUT2D eigenvalue weighted by Gasteiger charge is 2.06. The molecule has 5 nitrogen and oxygen atoms in total. The number of carbonyl (C=O) groups excluding carboxylic acids is 1. The highest BCUT2D eigenvalue weighted by atomic mass is 79.9. The monoisotopic (exact) mass is 371 g/mol. The molecule has 0 saturated carbocycles. The number of amides is 1. The van der Waals surface area contributed by atoms with Crippen LogP contribution in [0.5, 0.6) is 0 Å². The lowest BCUT2D eigenvalue weighted by atomic mass is 10.2. The largest absolute Gasteiger partial charge is 0.467 e. The first-order chi connectivity index (χ1) is 11.2. The molecule has 2 N–H and O–H groups in total. The molecule has 0 unspecified atom stereocenters. The molecule has 0 spiro atoms. The van der Waals surface area contributed by atoms with Gasteiger partial charge in [-0.1, -0.05) is 15.9 Å². The predicted octanol–water partition coefficient (Wildman–Crippen LogP) is 4.30. The quantitative estimate of drug-likeness (QED) is 0.701. The molecule has 2 heterocycles. The lowest BCUT2D eigenvalue weighted by molar-refractivity contribution is 0.102. The Balaban J connectivity index is 1.58. The molecule has 6 heteroatoms. The minimum absolute atomic E-state index is 0.171. The van der Waals surface area contributed by atoms with Crippen LogP contribution >= 0.6 is 15.9 Å². The second-order valence-electron chi connectivity index (χ2n) is 4.83. The molecule has 0 atom stereocenters. The van der Waals surface area contributed by atoms with Crippen LogP contribution in [0.25, 0.3) is 0 Å². The average molecular weight is 372 g/mol. The summed E-state index contributed by atoms with van der Waals surface area (Å²) in [4.78, 5) is 16.4. The number of nitrogens with one attached hydrogen (secondary N) is 2. The molecule has 1 aromatic carbocycles. The fourth-order valence-corrected chi connectivity index (χ4v) is 2.23. The highest BCUT2D eigenvalue weighted by Crippen LogP contribution is 2.14. The van der Waals surface area contributed by atoms with Crippen LogP contribution < -0.4 is 10.6 Å². The summed E-state index contributed by atoms with van der Waals surface area (Å²) < 4.78 is 6.17. The molecule has 1 amide bonds. The minimum Gasteiger partial charge on any atom is -0.467 e. The van der Waals surface area contributed by atoms with Crippen LogP contribution in [0.15, 0.2) is 69.9 Å². The third kappa shape index (κ3) is 4.20. The lowest BCUT2D eigenvalue weighted by Crippen LogP contribution is -2.12. The highest BCUT2D eigenvalue weighted by molar-refractivity contribution is 9.10. The predicted molar refractivity (Wildman–Crippen MR) is 92.4 cm³/mol. The third-order valence-corrected chi connectivity index (χ3v) is 3.68. The third-order valence-electron chi connectivity index (χ3n) is 3.15. The maximum absolute atomic E-state index is 12.1. The van der Waals surface area contributed by atoms with Gasteiger partial charge in [-0.2, -0.15) is 0 Å². The van der Waals surface area contributed by atoms with E-state index in [4.69, 9.17) is 4.42 Å². The SMILES string of the molecule is O=C(Nc1ccc(NCc2ccco2)nc1)c1ccc(Br)cc1. The minimum atomic E-state index is -0.171. The van der Waals surface area contributed by atoms with E-state index in [-0.39, 0.29) is 5.91 Å². The number of carbonyl (C=O) groups is 1. The fourth-order valence-electron chi connectivity index (χ4n) is 1.97. The van der Waals surface area contributed by atoms with E-state index in [1.165, 1.54) is 0 Å². The fraction of sp³-hybridized carbons (Fsp3) is 0.0588. The van der Waals surface area contributed by atoms with Gasteiger partial charge in [-0.3, -0.25) is 4.79 Å². The molecule has 0 aliphatic rings. The van der Waals surface area contributed by atoms with E-state index in [1.807, 2.05) is 24.3 Å². The van der Waals surface area contributed by atoms with Gasteiger partial charge in [-0.15, -0.1) is 0 Å². The number of anilines is 2. The zero-order chi connectivity index (χ0) is 16.1.